The number of nitrogens with one attached hydrogen (secondary N) is 1. The Labute approximate surface area is 97.6 Å². The summed E-state index contributed by atoms with van der Waals surface area (Å²) in [5.41, 5.74) is 0. The zero-order valence-corrected chi connectivity index (χ0v) is 10.2. The zero-order chi connectivity index (χ0) is 11.6. The third-order valence-electron chi connectivity index (χ3n) is 2.38. The highest BCUT2D eigenvalue weighted by Gasteiger charge is 2.01. The first kappa shape index (κ1) is 13.2. The quantitative estimate of drug-likeness (QED) is 0.645. The summed E-state index contributed by atoms with van der Waals surface area (Å²) in [5, 5.41) is 3.33. The van der Waals surface area contributed by atoms with E-state index < -0.39 is 0 Å². The molecule has 16 heavy (non-hydrogen) atoms. The maximum absolute atomic E-state index is 5.29. The number of rotatable bonds is 9. The number of ether oxygens (including phenoxy) is 1. The molecule has 0 fully saturated rings. The van der Waals surface area contributed by atoms with Crippen LogP contribution in [0, 0.1) is 0 Å². The van der Waals surface area contributed by atoms with Crippen molar-refractivity contribution in [3.8, 4) is 0 Å². The number of methoxy groups -OCH3 is 1. The summed E-state index contributed by atoms with van der Waals surface area (Å²) in [6.07, 6.45) is 2.86. The molecule has 4 heteroatoms. The lowest BCUT2D eigenvalue weighted by molar-refractivity contribution is 0.198. The minimum atomic E-state index is 0.780. The lowest BCUT2D eigenvalue weighted by Crippen LogP contribution is -2.25. The highest BCUT2D eigenvalue weighted by Crippen LogP contribution is 2.03. The summed E-state index contributed by atoms with van der Waals surface area (Å²) >= 11 is 0. The van der Waals surface area contributed by atoms with E-state index >= 15 is 0 Å². The number of furan rings is 1. The van der Waals surface area contributed by atoms with E-state index in [9.17, 15) is 0 Å². The van der Waals surface area contributed by atoms with Crippen LogP contribution in [0.1, 0.15) is 12.2 Å². The maximum Gasteiger partial charge on any atom is 0.117 e. The van der Waals surface area contributed by atoms with Crippen molar-refractivity contribution in [2.24, 2.45) is 0 Å². The van der Waals surface area contributed by atoms with Gasteiger partial charge in [-0.25, -0.2) is 0 Å². The number of nitrogens with zero attached hydrogens (tertiary/aromatic N) is 1. The van der Waals surface area contributed by atoms with Crippen LogP contribution in [0.5, 0.6) is 0 Å². The van der Waals surface area contributed by atoms with Gasteiger partial charge in [0.05, 0.1) is 19.4 Å². The van der Waals surface area contributed by atoms with Crippen molar-refractivity contribution in [3.05, 3.63) is 24.2 Å². The topological polar surface area (TPSA) is 37.6 Å². The summed E-state index contributed by atoms with van der Waals surface area (Å²) in [5.74, 6) is 1.02. The smallest absolute Gasteiger partial charge is 0.117 e. The molecule has 0 saturated heterocycles. The van der Waals surface area contributed by atoms with Gasteiger partial charge in [0, 0.05) is 13.7 Å². The SMILES string of the molecule is COCCNCCCN(C)Cc1ccco1. The van der Waals surface area contributed by atoms with Gasteiger partial charge in [-0.1, -0.05) is 0 Å². The first-order valence-electron chi connectivity index (χ1n) is 5.73. The van der Waals surface area contributed by atoms with Crippen LogP contribution in [0.25, 0.3) is 0 Å². The average Bonchev–Trinajstić information content (AvgIpc) is 2.76. The maximum atomic E-state index is 5.29. The predicted molar refractivity (Wildman–Crippen MR) is 64.4 cm³/mol. The molecule has 92 valence electrons. The monoisotopic (exact) mass is 226 g/mol. The Bertz CT molecular complexity index is 250. The van der Waals surface area contributed by atoms with Gasteiger partial charge >= 0.3 is 0 Å². The predicted octanol–water partition coefficient (Wildman–Crippen LogP) is 1.34. The van der Waals surface area contributed by atoms with Gasteiger partial charge in [-0.05, 0) is 38.7 Å². The van der Waals surface area contributed by atoms with Gasteiger partial charge in [-0.15, -0.1) is 0 Å². The summed E-state index contributed by atoms with van der Waals surface area (Å²) in [6.45, 7) is 4.69. The number of hydrogen-bond acceptors (Lipinski definition) is 4. The van der Waals surface area contributed by atoms with Crippen LogP contribution in [-0.2, 0) is 11.3 Å². The highest BCUT2D eigenvalue weighted by molar-refractivity contribution is 4.97. The Morgan fingerprint density at radius 2 is 2.31 bits per heavy atom. The molecule has 1 rings (SSSR count). The normalized spacial score (nSPS) is 11.2. The molecule has 0 amide bonds. The van der Waals surface area contributed by atoms with Crippen LogP contribution in [0.15, 0.2) is 22.8 Å². The van der Waals surface area contributed by atoms with Crippen molar-refractivity contribution in [1.82, 2.24) is 10.2 Å². The molecule has 0 spiro atoms. The molecule has 1 aromatic rings. The summed E-state index contributed by atoms with van der Waals surface area (Å²) < 4.78 is 10.2. The molecule has 1 heterocycles. The van der Waals surface area contributed by atoms with E-state index in [-0.39, 0.29) is 0 Å². The standard InChI is InChI=1S/C12H22N2O2/c1-14(11-12-5-3-9-16-12)8-4-6-13-7-10-15-2/h3,5,9,13H,4,6-8,10-11H2,1-2H3. The van der Waals surface area contributed by atoms with Crippen molar-refractivity contribution >= 4 is 0 Å². The van der Waals surface area contributed by atoms with Crippen molar-refractivity contribution in [1.29, 1.82) is 0 Å². The van der Waals surface area contributed by atoms with E-state index in [1.165, 1.54) is 0 Å². The van der Waals surface area contributed by atoms with E-state index in [0.29, 0.717) is 0 Å². The fourth-order valence-corrected chi connectivity index (χ4v) is 1.52. The van der Waals surface area contributed by atoms with Crippen LogP contribution in [-0.4, -0.2) is 45.3 Å². The van der Waals surface area contributed by atoms with E-state index in [2.05, 4.69) is 17.3 Å². The second kappa shape index (κ2) is 8.33. The molecule has 0 aliphatic carbocycles. The first-order chi connectivity index (χ1) is 7.83. The Morgan fingerprint density at radius 3 is 3.00 bits per heavy atom. The summed E-state index contributed by atoms with van der Waals surface area (Å²) in [7, 11) is 3.83. The largest absolute Gasteiger partial charge is 0.468 e. The van der Waals surface area contributed by atoms with Crippen LogP contribution in [0.2, 0.25) is 0 Å². The second-order valence-corrected chi connectivity index (χ2v) is 3.91. The molecule has 1 aromatic heterocycles. The van der Waals surface area contributed by atoms with Crippen LogP contribution in [0.4, 0.5) is 0 Å². The van der Waals surface area contributed by atoms with Crippen LogP contribution >= 0.6 is 0 Å². The van der Waals surface area contributed by atoms with Crippen LogP contribution in [0.3, 0.4) is 0 Å². The van der Waals surface area contributed by atoms with E-state index in [0.717, 1.165) is 45.0 Å². The zero-order valence-electron chi connectivity index (χ0n) is 10.2. The lowest BCUT2D eigenvalue weighted by Gasteiger charge is -2.14. The van der Waals surface area contributed by atoms with Gasteiger partial charge in [0.25, 0.3) is 0 Å². The first-order valence-corrected chi connectivity index (χ1v) is 5.73. The van der Waals surface area contributed by atoms with Crippen molar-refractivity contribution in [2.75, 3.05) is 40.4 Å². The Kier molecular flexibility index (Phi) is 6.88. The molecule has 0 bridgehead atoms. The summed E-state index contributed by atoms with van der Waals surface area (Å²) in [6, 6.07) is 3.93. The molecule has 0 atom stereocenters. The Balaban J connectivity index is 1.96. The minimum Gasteiger partial charge on any atom is -0.468 e. The highest BCUT2D eigenvalue weighted by atomic mass is 16.5. The molecule has 1 N–H and O–H groups in total. The van der Waals surface area contributed by atoms with Crippen molar-refractivity contribution in [3.63, 3.8) is 0 Å². The van der Waals surface area contributed by atoms with Crippen molar-refractivity contribution in [2.45, 2.75) is 13.0 Å². The van der Waals surface area contributed by atoms with E-state index in [4.69, 9.17) is 9.15 Å². The molecular weight excluding hydrogens is 204 g/mol. The molecule has 0 aliphatic heterocycles. The van der Waals surface area contributed by atoms with E-state index in [1.54, 1.807) is 13.4 Å². The number of hydrogen-bond donors (Lipinski definition) is 1. The third-order valence-corrected chi connectivity index (χ3v) is 2.38. The molecule has 0 unspecified atom stereocenters. The Morgan fingerprint density at radius 1 is 1.44 bits per heavy atom. The average molecular weight is 226 g/mol. The van der Waals surface area contributed by atoms with Gasteiger partial charge in [0.1, 0.15) is 5.76 Å². The van der Waals surface area contributed by atoms with Crippen molar-refractivity contribution < 1.29 is 9.15 Å². The molecular formula is C12H22N2O2. The second-order valence-electron chi connectivity index (χ2n) is 3.91. The third kappa shape index (κ3) is 5.90. The van der Waals surface area contributed by atoms with E-state index in [1.807, 2.05) is 12.1 Å². The molecule has 0 radical (unpaired) electrons. The van der Waals surface area contributed by atoms with Crippen LogP contribution < -0.4 is 5.32 Å². The van der Waals surface area contributed by atoms with Gasteiger partial charge in [0.2, 0.25) is 0 Å². The Hall–Kier alpha value is -0.840. The van der Waals surface area contributed by atoms with Gasteiger partial charge < -0.3 is 14.5 Å². The molecule has 0 aliphatic rings. The molecule has 4 nitrogen and oxygen atoms in total. The molecule has 0 aromatic carbocycles. The van der Waals surface area contributed by atoms with Gasteiger partial charge in [-0.2, -0.15) is 0 Å². The fraction of sp³-hybridized carbons (Fsp3) is 0.667. The fourth-order valence-electron chi connectivity index (χ4n) is 1.52. The molecule has 0 saturated carbocycles. The van der Waals surface area contributed by atoms with Gasteiger partial charge in [-0.3, -0.25) is 4.90 Å². The lowest BCUT2D eigenvalue weighted by atomic mass is 10.3. The van der Waals surface area contributed by atoms with Gasteiger partial charge in [0.15, 0.2) is 0 Å². The minimum absolute atomic E-state index is 0.780. The summed E-state index contributed by atoms with van der Waals surface area (Å²) in [4.78, 5) is 2.26.